The standard InChI is InChI=1S/C29H25N3/c1-2-31-28-21-13-12-20-26(28)27(29(31)23-14-6-3-7-15-23)22-30-32(24-16-8-4-9-17-24)25-18-10-5-11-19-25/h3-22H,2H2,1H3. The molecule has 156 valence electrons. The lowest BCUT2D eigenvalue weighted by molar-refractivity contribution is 0.805. The number of benzene rings is 4. The summed E-state index contributed by atoms with van der Waals surface area (Å²) in [5.41, 5.74) is 6.79. The van der Waals surface area contributed by atoms with Crippen LogP contribution < -0.4 is 5.01 Å². The largest absolute Gasteiger partial charge is 0.340 e. The lowest BCUT2D eigenvalue weighted by atomic mass is 10.1. The van der Waals surface area contributed by atoms with Crippen LogP contribution in [0.2, 0.25) is 0 Å². The van der Waals surface area contributed by atoms with Gasteiger partial charge in [-0.25, -0.2) is 5.01 Å². The molecule has 4 aromatic carbocycles. The zero-order valence-corrected chi connectivity index (χ0v) is 18.1. The predicted octanol–water partition coefficient (Wildman–Crippen LogP) is 7.50. The molecule has 0 bridgehead atoms. The number of anilines is 2. The van der Waals surface area contributed by atoms with E-state index in [1.54, 1.807) is 0 Å². The van der Waals surface area contributed by atoms with Gasteiger partial charge in [0.05, 0.1) is 23.3 Å². The molecule has 0 saturated carbocycles. The Labute approximate surface area is 188 Å². The summed E-state index contributed by atoms with van der Waals surface area (Å²) in [7, 11) is 0. The molecule has 1 heterocycles. The maximum absolute atomic E-state index is 5.01. The highest BCUT2D eigenvalue weighted by Gasteiger charge is 2.17. The van der Waals surface area contributed by atoms with Crippen LogP contribution in [0, 0.1) is 0 Å². The topological polar surface area (TPSA) is 20.5 Å². The Morgan fingerprint density at radius 1 is 0.688 bits per heavy atom. The molecule has 0 unspecified atom stereocenters. The van der Waals surface area contributed by atoms with Crippen LogP contribution in [0.4, 0.5) is 11.4 Å². The Balaban J connectivity index is 1.70. The third kappa shape index (κ3) is 3.69. The number of rotatable bonds is 6. The molecule has 0 atom stereocenters. The van der Waals surface area contributed by atoms with Gasteiger partial charge in [-0.05, 0) is 42.8 Å². The highest BCUT2D eigenvalue weighted by atomic mass is 15.5. The van der Waals surface area contributed by atoms with Gasteiger partial charge in [-0.2, -0.15) is 5.10 Å². The third-order valence-corrected chi connectivity index (χ3v) is 5.68. The van der Waals surface area contributed by atoms with Crippen molar-refractivity contribution in [3.63, 3.8) is 0 Å². The van der Waals surface area contributed by atoms with Gasteiger partial charge in [0.15, 0.2) is 0 Å². The number of aromatic nitrogens is 1. The number of hydrogen-bond acceptors (Lipinski definition) is 2. The molecule has 32 heavy (non-hydrogen) atoms. The van der Waals surface area contributed by atoms with E-state index in [-0.39, 0.29) is 0 Å². The summed E-state index contributed by atoms with van der Waals surface area (Å²) in [5.74, 6) is 0. The Kier molecular flexibility index (Phi) is 5.54. The minimum atomic E-state index is 0.889. The lowest BCUT2D eigenvalue weighted by Crippen LogP contribution is -2.09. The number of fused-ring (bicyclic) bond motifs is 1. The van der Waals surface area contributed by atoms with Gasteiger partial charge in [-0.3, -0.25) is 0 Å². The van der Waals surface area contributed by atoms with E-state index in [0.29, 0.717) is 0 Å². The third-order valence-electron chi connectivity index (χ3n) is 5.68. The first-order chi connectivity index (χ1) is 15.9. The number of nitrogens with zero attached hydrogens (tertiary/aromatic N) is 3. The molecular formula is C29H25N3. The van der Waals surface area contributed by atoms with Gasteiger partial charge in [0.2, 0.25) is 0 Å². The molecule has 5 rings (SSSR count). The first-order valence-corrected chi connectivity index (χ1v) is 11.0. The van der Waals surface area contributed by atoms with Crippen molar-refractivity contribution in [2.45, 2.75) is 13.5 Å². The number of para-hydroxylation sites is 3. The average molecular weight is 416 g/mol. The first-order valence-electron chi connectivity index (χ1n) is 11.0. The summed E-state index contributed by atoms with van der Waals surface area (Å²) in [6.45, 7) is 3.08. The van der Waals surface area contributed by atoms with E-state index in [0.717, 1.165) is 23.5 Å². The van der Waals surface area contributed by atoms with Crippen molar-refractivity contribution in [3.05, 3.63) is 121 Å². The van der Waals surface area contributed by atoms with Crippen molar-refractivity contribution >= 4 is 28.5 Å². The highest BCUT2D eigenvalue weighted by Crippen LogP contribution is 2.33. The van der Waals surface area contributed by atoms with Crippen molar-refractivity contribution in [1.82, 2.24) is 4.57 Å². The van der Waals surface area contributed by atoms with Gasteiger partial charge in [0, 0.05) is 23.0 Å². The van der Waals surface area contributed by atoms with Crippen LogP contribution in [0.1, 0.15) is 12.5 Å². The molecule has 0 radical (unpaired) electrons. The van der Waals surface area contributed by atoms with E-state index >= 15 is 0 Å². The molecule has 0 aliphatic carbocycles. The molecule has 0 N–H and O–H groups in total. The summed E-state index contributed by atoms with van der Waals surface area (Å²) >= 11 is 0. The fourth-order valence-electron chi connectivity index (χ4n) is 4.23. The van der Waals surface area contributed by atoms with Crippen LogP contribution in [0.5, 0.6) is 0 Å². The normalized spacial score (nSPS) is 11.3. The minimum Gasteiger partial charge on any atom is -0.340 e. The summed E-state index contributed by atoms with van der Waals surface area (Å²) in [6.07, 6.45) is 2.01. The molecule has 3 nitrogen and oxygen atoms in total. The molecule has 0 aliphatic heterocycles. The van der Waals surface area contributed by atoms with Gasteiger partial charge in [0.25, 0.3) is 0 Å². The molecule has 0 amide bonds. The fourth-order valence-corrected chi connectivity index (χ4v) is 4.23. The number of aryl methyl sites for hydroxylation is 1. The predicted molar refractivity (Wildman–Crippen MR) is 136 cm³/mol. The maximum Gasteiger partial charge on any atom is 0.0652 e. The average Bonchev–Trinajstić information content (AvgIpc) is 3.19. The van der Waals surface area contributed by atoms with E-state index in [1.165, 1.54) is 22.2 Å². The van der Waals surface area contributed by atoms with Crippen molar-refractivity contribution < 1.29 is 0 Å². The Bertz CT molecular complexity index is 1300. The van der Waals surface area contributed by atoms with Crippen LogP contribution in [0.15, 0.2) is 120 Å². The second-order valence-electron chi connectivity index (χ2n) is 7.62. The van der Waals surface area contributed by atoms with Crippen LogP contribution in [0.25, 0.3) is 22.2 Å². The van der Waals surface area contributed by atoms with Gasteiger partial charge < -0.3 is 4.57 Å². The van der Waals surface area contributed by atoms with Gasteiger partial charge >= 0.3 is 0 Å². The smallest absolute Gasteiger partial charge is 0.0652 e. The Morgan fingerprint density at radius 3 is 1.81 bits per heavy atom. The van der Waals surface area contributed by atoms with Crippen molar-refractivity contribution in [2.24, 2.45) is 5.10 Å². The molecule has 0 spiro atoms. The van der Waals surface area contributed by atoms with Gasteiger partial charge in [-0.15, -0.1) is 0 Å². The zero-order valence-electron chi connectivity index (χ0n) is 18.1. The van der Waals surface area contributed by atoms with E-state index in [9.17, 15) is 0 Å². The fraction of sp³-hybridized carbons (Fsp3) is 0.0690. The van der Waals surface area contributed by atoms with Crippen LogP contribution in [-0.2, 0) is 6.54 Å². The van der Waals surface area contributed by atoms with Gasteiger partial charge in [0.1, 0.15) is 0 Å². The molecule has 0 aliphatic rings. The van der Waals surface area contributed by atoms with Gasteiger partial charge in [-0.1, -0.05) is 84.9 Å². The van der Waals surface area contributed by atoms with Crippen LogP contribution in [0.3, 0.4) is 0 Å². The SMILES string of the molecule is CCn1c(-c2ccccc2)c(C=NN(c2ccccc2)c2ccccc2)c2ccccc21. The minimum absolute atomic E-state index is 0.889. The zero-order chi connectivity index (χ0) is 21.8. The monoisotopic (exact) mass is 415 g/mol. The quantitative estimate of drug-likeness (QED) is 0.208. The Hall–Kier alpha value is -4.11. The van der Waals surface area contributed by atoms with Crippen molar-refractivity contribution in [3.8, 4) is 11.3 Å². The second kappa shape index (κ2) is 8.94. The van der Waals surface area contributed by atoms with E-state index in [4.69, 9.17) is 5.10 Å². The molecule has 5 aromatic rings. The molecule has 0 fully saturated rings. The van der Waals surface area contributed by atoms with Crippen molar-refractivity contribution in [2.75, 3.05) is 5.01 Å². The maximum atomic E-state index is 5.01. The van der Waals surface area contributed by atoms with Crippen molar-refractivity contribution in [1.29, 1.82) is 0 Å². The Morgan fingerprint density at radius 2 is 1.22 bits per heavy atom. The highest BCUT2D eigenvalue weighted by molar-refractivity contribution is 6.06. The summed E-state index contributed by atoms with van der Waals surface area (Å²) in [5, 5.41) is 8.21. The lowest BCUT2D eigenvalue weighted by Gasteiger charge is -2.19. The number of hydrogen-bond donors (Lipinski definition) is 0. The molecule has 0 saturated heterocycles. The molecular weight excluding hydrogens is 390 g/mol. The summed E-state index contributed by atoms with van der Waals surface area (Å²) in [6, 6.07) is 39.7. The molecule has 1 aromatic heterocycles. The summed E-state index contributed by atoms with van der Waals surface area (Å²) < 4.78 is 2.38. The van der Waals surface area contributed by atoms with E-state index in [1.807, 2.05) is 47.6 Å². The second-order valence-corrected chi connectivity index (χ2v) is 7.62. The molecule has 3 heteroatoms. The van der Waals surface area contributed by atoms with Crippen LogP contribution >= 0.6 is 0 Å². The van der Waals surface area contributed by atoms with E-state index in [2.05, 4.69) is 90.4 Å². The number of hydrazone groups is 1. The summed E-state index contributed by atoms with van der Waals surface area (Å²) in [4.78, 5) is 0. The van der Waals surface area contributed by atoms with E-state index < -0.39 is 0 Å². The van der Waals surface area contributed by atoms with Crippen LogP contribution in [-0.4, -0.2) is 10.8 Å². The first kappa shape index (κ1) is 19.8.